The zero-order valence-electron chi connectivity index (χ0n) is 8.46. The number of fused-ring (bicyclic) bond motifs is 2. The number of hydrogen-bond acceptors (Lipinski definition) is 6. The molecule has 4 aliphatic heterocycles. The second-order valence-electron chi connectivity index (χ2n) is 5.16. The predicted octanol–water partition coefficient (Wildman–Crippen LogP) is -2.08. The molecule has 0 aromatic rings. The lowest BCUT2D eigenvalue weighted by atomic mass is 10.3. The van der Waals surface area contributed by atoms with Gasteiger partial charge < -0.3 is 0 Å². The van der Waals surface area contributed by atoms with Crippen molar-refractivity contribution in [2.24, 2.45) is 0 Å². The van der Waals surface area contributed by atoms with Crippen molar-refractivity contribution in [3.05, 3.63) is 0 Å². The number of hydrogen-bond donors (Lipinski definition) is 4. The zero-order valence-corrected chi connectivity index (χ0v) is 8.46. The Kier molecular flexibility index (Phi) is 1.14. The van der Waals surface area contributed by atoms with Gasteiger partial charge in [0.15, 0.2) is 0 Å². The standard InChI is InChI=1S/C8H16N6/c1-7-3-9-5(13(7)11-7)6-10-4-8(2)12-14(6)8/h5-6,9-12H,3-4H2,1-2H3. The third-order valence-electron chi connectivity index (χ3n) is 3.85. The summed E-state index contributed by atoms with van der Waals surface area (Å²) in [6.07, 6.45) is 0.772. The fourth-order valence-electron chi connectivity index (χ4n) is 2.77. The number of nitrogens with zero attached hydrogens (tertiary/aromatic N) is 2. The first-order valence-corrected chi connectivity index (χ1v) is 5.24. The van der Waals surface area contributed by atoms with Gasteiger partial charge in [0.05, 0.1) is 0 Å². The Morgan fingerprint density at radius 3 is 1.57 bits per heavy atom. The van der Waals surface area contributed by atoms with E-state index in [2.05, 4.69) is 45.4 Å². The highest BCUT2D eigenvalue weighted by atomic mass is 15.9. The van der Waals surface area contributed by atoms with E-state index in [0.29, 0.717) is 12.3 Å². The largest absolute Gasteiger partial charge is 0.295 e. The maximum absolute atomic E-state index is 3.53. The number of nitrogens with one attached hydrogen (secondary N) is 4. The topological polar surface area (TPSA) is 74.0 Å². The molecule has 0 aromatic heterocycles. The van der Waals surface area contributed by atoms with Crippen LogP contribution in [-0.2, 0) is 0 Å². The van der Waals surface area contributed by atoms with Gasteiger partial charge in [-0.2, -0.15) is 0 Å². The highest BCUT2D eigenvalue weighted by Gasteiger charge is 2.65. The summed E-state index contributed by atoms with van der Waals surface area (Å²) in [5, 5.41) is 11.7. The molecule has 0 radical (unpaired) electrons. The Balaban J connectivity index is 1.56. The molecule has 4 aliphatic rings. The minimum Gasteiger partial charge on any atom is -0.295 e. The van der Waals surface area contributed by atoms with E-state index in [1.807, 2.05) is 0 Å². The molecule has 0 spiro atoms. The van der Waals surface area contributed by atoms with Gasteiger partial charge in [0.1, 0.15) is 23.7 Å². The lowest BCUT2D eigenvalue weighted by Gasteiger charge is -2.22. The average molecular weight is 196 g/mol. The molecule has 4 saturated heterocycles. The van der Waals surface area contributed by atoms with Crippen molar-refractivity contribution in [3.8, 4) is 0 Å². The summed E-state index contributed by atoms with van der Waals surface area (Å²) >= 11 is 0. The molecular weight excluding hydrogens is 180 g/mol. The molecule has 0 bridgehead atoms. The van der Waals surface area contributed by atoms with E-state index in [1.165, 1.54) is 0 Å². The van der Waals surface area contributed by atoms with E-state index in [9.17, 15) is 0 Å². The summed E-state index contributed by atoms with van der Waals surface area (Å²) < 4.78 is 0. The zero-order chi connectivity index (χ0) is 9.55. The SMILES string of the molecule is CC12CNC(C3NCC4(C)NN34)N1N2. The molecule has 78 valence electrons. The maximum atomic E-state index is 3.53. The van der Waals surface area contributed by atoms with Gasteiger partial charge in [0.25, 0.3) is 0 Å². The molecule has 0 aromatic carbocycles. The quantitative estimate of drug-likeness (QED) is 0.361. The van der Waals surface area contributed by atoms with Crippen LogP contribution < -0.4 is 21.5 Å². The van der Waals surface area contributed by atoms with Crippen LogP contribution >= 0.6 is 0 Å². The third-order valence-corrected chi connectivity index (χ3v) is 3.85. The van der Waals surface area contributed by atoms with Gasteiger partial charge in [0.2, 0.25) is 0 Å². The first kappa shape index (κ1) is 7.98. The lowest BCUT2D eigenvalue weighted by molar-refractivity contribution is 0.191. The van der Waals surface area contributed by atoms with Crippen LogP contribution in [0.25, 0.3) is 0 Å². The van der Waals surface area contributed by atoms with Gasteiger partial charge in [-0.15, -0.1) is 0 Å². The average Bonchev–Trinajstić information content (AvgIpc) is 2.92. The first-order chi connectivity index (χ1) is 6.62. The Labute approximate surface area is 82.9 Å². The maximum Gasteiger partial charge on any atom is 0.109 e. The van der Waals surface area contributed by atoms with Crippen molar-refractivity contribution in [1.29, 1.82) is 0 Å². The molecule has 14 heavy (non-hydrogen) atoms. The molecule has 4 rings (SSSR count). The highest BCUT2D eigenvalue weighted by molar-refractivity contribution is 5.14. The van der Waals surface area contributed by atoms with Gasteiger partial charge >= 0.3 is 0 Å². The number of hydrazine groups is 2. The lowest BCUT2D eigenvalue weighted by Crippen LogP contribution is -2.53. The van der Waals surface area contributed by atoms with Gasteiger partial charge in [-0.05, 0) is 13.8 Å². The van der Waals surface area contributed by atoms with Gasteiger partial charge in [-0.1, -0.05) is 0 Å². The van der Waals surface area contributed by atoms with Crippen LogP contribution in [0.3, 0.4) is 0 Å². The molecule has 0 saturated carbocycles. The molecule has 4 fully saturated rings. The van der Waals surface area contributed by atoms with Crippen LogP contribution in [0.4, 0.5) is 0 Å². The molecule has 6 unspecified atom stereocenters. The second kappa shape index (κ2) is 1.99. The number of rotatable bonds is 1. The molecular formula is C8H16N6. The van der Waals surface area contributed by atoms with Crippen LogP contribution in [0.5, 0.6) is 0 Å². The predicted molar refractivity (Wildman–Crippen MR) is 50.3 cm³/mol. The van der Waals surface area contributed by atoms with E-state index < -0.39 is 0 Å². The minimum absolute atomic E-state index is 0.210. The molecule has 6 atom stereocenters. The monoisotopic (exact) mass is 196 g/mol. The molecule has 0 aliphatic carbocycles. The fourth-order valence-corrected chi connectivity index (χ4v) is 2.77. The summed E-state index contributed by atoms with van der Waals surface area (Å²) in [6.45, 7) is 6.51. The van der Waals surface area contributed by atoms with Crippen molar-refractivity contribution in [2.45, 2.75) is 37.5 Å². The van der Waals surface area contributed by atoms with Crippen molar-refractivity contribution in [3.63, 3.8) is 0 Å². The normalized spacial score (nSPS) is 69.0. The molecule has 0 amide bonds. The second-order valence-corrected chi connectivity index (χ2v) is 5.16. The van der Waals surface area contributed by atoms with Crippen molar-refractivity contribution in [1.82, 2.24) is 31.5 Å². The van der Waals surface area contributed by atoms with Crippen LogP contribution in [0.2, 0.25) is 0 Å². The Morgan fingerprint density at radius 1 is 0.929 bits per heavy atom. The van der Waals surface area contributed by atoms with Crippen molar-refractivity contribution >= 4 is 0 Å². The van der Waals surface area contributed by atoms with E-state index in [4.69, 9.17) is 0 Å². The van der Waals surface area contributed by atoms with E-state index in [-0.39, 0.29) is 11.3 Å². The van der Waals surface area contributed by atoms with E-state index in [1.54, 1.807) is 0 Å². The van der Waals surface area contributed by atoms with Crippen LogP contribution in [0.1, 0.15) is 13.8 Å². The Hall–Kier alpha value is -0.240. The smallest absolute Gasteiger partial charge is 0.109 e. The minimum atomic E-state index is 0.210. The van der Waals surface area contributed by atoms with Crippen LogP contribution in [0.15, 0.2) is 0 Å². The van der Waals surface area contributed by atoms with Crippen LogP contribution in [0, 0.1) is 0 Å². The summed E-state index contributed by atoms with van der Waals surface area (Å²) in [6, 6.07) is 0. The summed E-state index contributed by atoms with van der Waals surface area (Å²) in [5.41, 5.74) is 7.22. The molecule has 6 heteroatoms. The van der Waals surface area contributed by atoms with Crippen molar-refractivity contribution in [2.75, 3.05) is 13.1 Å². The fraction of sp³-hybridized carbons (Fsp3) is 1.00. The Bertz CT molecular complexity index is 278. The summed E-state index contributed by atoms with van der Waals surface area (Å²) in [7, 11) is 0. The summed E-state index contributed by atoms with van der Waals surface area (Å²) in [4.78, 5) is 0. The first-order valence-electron chi connectivity index (χ1n) is 5.24. The highest BCUT2D eigenvalue weighted by Crippen LogP contribution is 2.38. The molecule has 4 heterocycles. The summed E-state index contributed by atoms with van der Waals surface area (Å²) in [5.74, 6) is 0. The van der Waals surface area contributed by atoms with E-state index >= 15 is 0 Å². The van der Waals surface area contributed by atoms with E-state index in [0.717, 1.165) is 13.1 Å². The van der Waals surface area contributed by atoms with Gasteiger partial charge in [-0.25, -0.2) is 20.9 Å². The van der Waals surface area contributed by atoms with Gasteiger partial charge in [-0.3, -0.25) is 10.6 Å². The third kappa shape index (κ3) is 0.781. The molecule has 6 nitrogen and oxygen atoms in total. The van der Waals surface area contributed by atoms with Crippen molar-refractivity contribution < 1.29 is 0 Å². The van der Waals surface area contributed by atoms with Gasteiger partial charge in [0, 0.05) is 13.1 Å². The molecule has 4 N–H and O–H groups in total. The van der Waals surface area contributed by atoms with Crippen LogP contribution in [-0.4, -0.2) is 46.8 Å². The Morgan fingerprint density at radius 2 is 1.36 bits per heavy atom.